The Morgan fingerprint density at radius 3 is 2.48 bits per heavy atom. The molecular formula is C15H15N3O3. The molecule has 0 saturated carbocycles. The van der Waals surface area contributed by atoms with Gasteiger partial charge in [0.2, 0.25) is 0 Å². The SMILES string of the molecule is Cc1ccc(NC(=O)Nc2cccnc2C)c(C(=O)O)c1. The molecule has 6 nitrogen and oxygen atoms in total. The molecule has 0 bridgehead atoms. The van der Waals surface area contributed by atoms with E-state index in [4.69, 9.17) is 5.11 Å². The van der Waals surface area contributed by atoms with Gasteiger partial charge in [-0.25, -0.2) is 9.59 Å². The number of aromatic carboxylic acids is 1. The van der Waals surface area contributed by atoms with E-state index in [9.17, 15) is 9.59 Å². The fraction of sp³-hybridized carbons (Fsp3) is 0.133. The van der Waals surface area contributed by atoms with E-state index in [1.807, 2.05) is 0 Å². The molecule has 0 aliphatic heterocycles. The molecule has 2 aromatic rings. The number of carbonyl (C=O) groups is 2. The molecule has 21 heavy (non-hydrogen) atoms. The van der Waals surface area contributed by atoms with E-state index in [2.05, 4.69) is 15.6 Å². The van der Waals surface area contributed by atoms with Gasteiger partial charge in [-0.3, -0.25) is 4.98 Å². The Labute approximate surface area is 121 Å². The highest BCUT2D eigenvalue weighted by molar-refractivity contribution is 6.04. The summed E-state index contributed by atoms with van der Waals surface area (Å²) in [5.74, 6) is -1.09. The summed E-state index contributed by atoms with van der Waals surface area (Å²) in [5, 5.41) is 14.3. The number of aryl methyl sites for hydroxylation is 2. The predicted molar refractivity (Wildman–Crippen MR) is 79.8 cm³/mol. The lowest BCUT2D eigenvalue weighted by Crippen LogP contribution is -2.21. The molecule has 0 aliphatic rings. The Bertz CT molecular complexity index is 698. The van der Waals surface area contributed by atoms with Crippen LogP contribution in [0.15, 0.2) is 36.5 Å². The summed E-state index contributed by atoms with van der Waals surface area (Å²) < 4.78 is 0. The third-order valence-electron chi connectivity index (χ3n) is 2.91. The van der Waals surface area contributed by atoms with Gasteiger partial charge in [-0.05, 0) is 38.1 Å². The van der Waals surface area contributed by atoms with Crippen LogP contribution in [0.25, 0.3) is 0 Å². The van der Waals surface area contributed by atoms with Crippen LogP contribution in [0.5, 0.6) is 0 Å². The molecule has 108 valence electrons. The largest absolute Gasteiger partial charge is 0.478 e. The van der Waals surface area contributed by atoms with Gasteiger partial charge in [0, 0.05) is 6.20 Å². The molecule has 0 unspecified atom stereocenters. The summed E-state index contributed by atoms with van der Waals surface area (Å²) >= 11 is 0. The van der Waals surface area contributed by atoms with E-state index in [-0.39, 0.29) is 11.3 Å². The lowest BCUT2D eigenvalue weighted by atomic mass is 10.1. The molecule has 0 aliphatic carbocycles. The number of nitrogens with one attached hydrogen (secondary N) is 2. The van der Waals surface area contributed by atoms with Crippen LogP contribution in [0.4, 0.5) is 16.2 Å². The van der Waals surface area contributed by atoms with Crippen molar-refractivity contribution in [3.05, 3.63) is 53.3 Å². The highest BCUT2D eigenvalue weighted by Crippen LogP contribution is 2.18. The Hall–Kier alpha value is -2.89. The van der Waals surface area contributed by atoms with Crippen LogP contribution in [0, 0.1) is 13.8 Å². The molecule has 0 fully saturated rings. The second kappa shape index (κ2) is 6.04. The number of nitrogens with zero attached hydrogens (tertiary/aromatic N) is 1. The van der Waals surface area contributed by atoms with Gasteiger partial charge in [0.1, 0.15) is 0 Å². The zero-order valence-electron chi connectivity index (χ0n) is 11.7. The van der Waals surface area contributed by atoms with Crippen molar-refractivity contribution < 1.29 is 14.7 Å². The minimum absolute atomic E-state index is 0.0491. The first-order chi connectivity index (χ1) is 9.97. The minimum Gasteiger partial charge on any atom is -0.478 e. The van der Waals surface area contributed by atoms with Crippen molar-refractivity contribution >= 4 is 23.4 Å². The Morgan fingerprint density at radius 2 is 1.81 bits per heavy atom. The Balaban J connectivity index is 2.17. The quantitative estimate of drug-likeness (QED) is 0.808. The molecule has 0 spiro atoms. The Kier molecular flexibility index (Phi) is 4.18. The van der Waals surface area contributed by atoms with Crippen LogP contribution in [0.2, 0.25) is 0 Å². The third-order valence-corrected chi connectivity index (χ3v) is 2.91. The number of carbonyl (C=O) groups excluding carboxylic acids is 1. The number of carboxylic acid groups (broad SMARTS) is 1. The van der Waals surface area contributed by atoms with Gasteiger partial charge in [-0.1, -0.05) is 11.6 Å². The van der Waals surface area contributed by atoms with Gasteiger partial charge < -0.3 is 15.7 Å². The van der Waals surface area contributed by atoms with Crippen molar-refractivity contribution in [1.29, 1.82) is 0 Å². The van der Waals surface area contributed by atoms with E-state index in [0.717, 1.165) is 5.56 Å². The number of aromatic nitrogens is 1. The van der Waals surface area contributed by atoms with Crippen molar-refractivity contribution in [3.8, 4) is 0 Å². The number of hydrogen-bond donors (Lipinski definition) is 3. The monoisotopic (exact) mass is 285 g/mol. The van der Waals surface area contributed by atoms with Crippen LogP contribution in [-0.2, 0) is 0 Å². The predicted octanol–water partition coefficient (Wildman–Crippen LogP) is 3.04. The lowest BCUT2D eigenvalue weighted by molar-refractivity contribution is 0.0698. The number of urea groups is 1. The van der Waals surface area contributed by atoms with Crippen molar-refractivity contribution in [2.24, 2.45) is 0 Å². The fourth-order valence-electron chi connectivity index (χ4n) is 1.84. The third kappa shape index (κ3) is 3.56. The van der Waals surface area contributed by atoms with Crippen LogP contribution in [0.3, 0.4) is 0 Å². The molecule has 0 radical (unpaired) electrons. The van der Waals surface area contributed by atoms with Crippen LogP contribution in [-0.4, -0.2) is 22.1 Å². The Morgan fingerprint density at radius 1 is 1.10 bits per heavy atom. The van der Waals surface area contributed by atoms with Gasteiger partial charge in [0.05, 0.1) is 22.6 Å². The van der Waals surface area contributed by atoms with Gasteiger partial charge in [0.15, 0.2) is 0 Å². The van der Waals surface area contributed by atoms with Gasteiger partial charge >= 0.3 is 12.0 Å². The molecule has 1 heterocycles. The standard InChI is InChI=1S/C15H15N3O3/c1-9-5-6-13(11(8-9)14(19)20)18-15(21)17-12-4-3-7-16-10(12)2/h3-8H,1-2H3,(H,19,20)(H2,17,18,21). The molecule has 3 N–H and O–H groups in total. The number of amides is 2. The first-order valence-electron chi connectivity index (χ1n) is 6.31. The first-order valence-corrected chi connectivity index (χ1v) is 6.31. The topological polar surface area (TPSA) is 91.3 Å². The van der Waals surface area contributed by atoms with E-state index in [1.165, 1.54) is 6.07 Å². The number of hydrogen-bond acceptors (Lipinski definition) is 3. The zero-order valence-corrected chi connectivity index (χ0v) is 11.7. The smallest absolute Gasteiger partial charge is 0.337 e. The molecule has 2 amide bonds. The number of carboxylic acids is 1. The molecule has 0 saturated heterocycles. The van der Waals surface area contributed by atoms with E-state index >= 15 is 0 Å². The highest BCUT2D eigenvalue weighted by Gasteiger charge is 2.13. The lowest BCUT2D eigenvalue weighted by Gasteiger charge is -2.11. The maximum absolute atomic E-state index is 12.0. The fourth-order valence-corrected chi connectivity index (χ4v) is 1.84. The average molecular weight is 285 g/mol. The first kappa shape index (κ1) is 14.5. The van der Waals surface area contributed by atoms with Crippen LogP contribution < -0.4 is 10.6 Å². The highest BCUT2D eigenvalue weighted by atomic mass is 16.4. The normalized spacial score (nSPS) is 10.0. The van der Waals surface area contributed by atoms with E-state index < -0.39 is 12.0 Å². The molecule has 0 atom stereocenters. The maximum atomic E-state index is 12.0. The molecule has 2 rings (SSSR count). The number of pyridine rings is 1. The average Bonchev–Trinajstić information content (AvgIpc) is 2.43. The number of anilines is 2. The molecular weight excluding hydrogens is 270 g/mol. The van der Waals surface area contributed by atoms with E-state index in [1.54, 1.807) is 44.3 Å². The zero-order chi connectivity index (χ0) is 15.4. The molecule has 1 aromatic carbocycles. The summed E-state index contributed by atoms with van der Waals surface area (Å²) in [6.07, 6.45) is 1.63. The van der Waals surface area contributed by atoms with Crippen LogP contribution in [0.1, 0.15) is 21.6 Å². The van der Waals surface area contributed by atoms with Gasteiger partial charge in [-0.2, -0.15) is 0 Å². The van der Waals surface area contributed by atoms with Crippen LogP contribution >= 0.6 is 0 Å². The molecule has 6 heteroatoms. The second-order valence-electron chi connectivity index (χ2n) is 4.57. The van der Waals surface area contributed by atoms with Crippen molar-refractivity contribution in [3.63, 3.8) is 0 Å². The number of benzene rings is 1. The van der Waals surface area contributed by atoms with Crippen molar-refractivity contribution in [2.75, 3.05) is 10.6 Å². The minimum atomic E-state index is -1.09. The van der Waals surface area contributed by atoms with Crippen molar-refractivity contribution in [1.82, 2.24) is 4.98 Å². The summed E-state index contributed by atoms with van der Waals surface area (Å²) in [4.78, 5) is 27.2. The van der Waals surface area contributed by atoms with Gasteiger partial charge in [-0.15, -0.1) is 0 Å². The summed E-state index contributed by atoms with van der Waals surface area (Å²) in [5.41, 5.74) is 2.34. The van der Waals surface area contributed by atoms with Gasteiger partial charge in [0.25, 0.3) is 0 Å². The van der Waals surface area contributed by atoms with E-state index in [0.29, 0.717) is 11.4 Å². The number of rotatable bonds is 3. The summed E-state index contributed by atoms with van der Waals surface area (Å²) in [7, 11) is 0. The summed E-state index contributed by atoms with van der Waals surface area (Å²) in [6.45, 7) is 3.56. The maximum Gasteiger partial charge on any atom is 0.337 e. The second-order valence-corrected chi connectivity index (χ2v) is 4.57. The van der Waals surface area contributed by atoms with Crippen molar-refractivity contribution in [2.45, 2.75) is 13.8 Å². The molecule has 1 aromatic heterocycles. The summed E-state index contributed by atoms with van der Waals surface area (Å²) in [6, 6.07) is 7.71.